The molecule has 2 aromatic rings. The predicted octanol–water partition coefficient (Wildman–Crippen LogP) is 3.38. The molecule has 0 amide bonds. The van der Waals surface area contributed by atoms with Gasteiger partial charge in [0.15, 0.2) is 17.5 Å². The first kappa shape index (κ1) is 20.6. The van der Waals surface area contributed by atoms with Crippen LogP contribution in [0.2, 0.25) is 5.15 Å². The van der Waals surface area contributed by atoms with Gasteiger partial charge in [0, 0.05) is 19.3 Å². The Morgan fingerprint density at radius 2 is 1.96 bits per heavy atom. The highest BCUT2D eigenvalue weighted by molar-refractivity contribution is 14.0. The van der Waals surface area contributed by atoms with Gasteiger partial charge in [0.05, 0.1) is 6.54 Å². The van der Waals surface area contributed by atoms with Gasteiger partial charge in [-0.25, -0.2) is 9.98 Å². The summed E-state index contributed by atoms with van der Waals surface area (Å²) in [5.41, 5.74) is 2.20. The first-order valence-corrected chi connectivity index (χ1v) is 8.63. The maximum absolute atomic E-state index is 5.80. The molecule has 6 nitrogen and oxygen atoms in total. The molecule has 0 saturated heterocycles. The number of hydrogen-bond acceptors (Lipinski definition) is 4. The third kappa shape index (κ3) is 5.91. The van der Waals surface area contributed by atoms with Gasteiger partial charge in [-0.3, -0.25) is 0 Å². The van der Waals surface area contributed by atoms with E-state index in [0.717, 1.165) is 42.5 Å². The highest BCUT2D eigenvalue weighted by Gasteiger charge is 2.12. The van der Waals surface area contributed by atoms with Gasteiger partial charge in [-0.15, -0.1) is 24.0 Å². The van der Waals surface area contributed by atoms with E-state index in [1.54, 1.807) is 12.3 Å². The van der Waals surface area contributed by atoms with Gasteiger partial charge in [0.2, 0.25) is 6.79 Å². The van der Waals surface area contributed by atoms with Crippen LogP contribution in [0, 0.1) is 0 Å². The summed E-state index contributed by atoms with van der Waals surface area (Å²) in [5, 5.41) is 7.07. The number of nitrogens with one attached hydrogen (secondary N) is 2. The summed E-state index contributed by atoms with van der Waals surface area (Å²) >= 11 is 5.80. The topological polar surface area (TPSA) is 67.8 Å². The van der Waals surface area contributed by atoms with E-state index in [-0.39, 0.29) is 24.0 Å². The second-order valence-electron chi connectivity index (χ2n) is 5.55. The number of pyridine rings is 1. The molecule has 1 aromatic heterocycles. The van der Waals surface area contributed by atoms with E-state index in [0.29, 0.717) is 18.5 Å². The molecule has 1 aromatic carbocycles. The lowest BCUT2D eigenvalue weighted by atomic mass is 10.1. The van der Waals surface area contributed by atoms with Gasteiger partial charge in [-0.1, -0.05) is 23.7 Å². The van der Waals surface area contributed by atoms with E-state index in [4.69, 9.17) is 21.1 Å². The second-order valence-corrected chi connectivity index (χ2v) is 5.94. The third-order valence-corrected chi connectivity index (χ3v) is 3.92. The zero-order valence-electron chi connectivity index (χ0n) is 14.5. The predicted molar refractivity (Wildman–Crippen MR) is 114 cm³/mol. The van der Waals surface area contributed by atoms with Crippen LogP contribution in [0.1, 0.15) is 18.1 Å². The maximum Gasteiger partial charge on any atom is 0.231 e. The minimum atomic E-state index is 0. The molecule has 0 bridgehead atoms. The molecular formula is C18H22ClIN4O2. The van der Waals surface area contributed by atoms with Crippen LogP contribution in [0.4, 0.5) is 0 Å². The summed E-state index contributed by atoms with van der Waals surface area (Å²) in [5.74, 6) is 2.40. The van der Waals surface area contributed by atoms with E-state index in [1.165, 1.54) is 5.56 Å². The molecule has 140 valence electrons. The molecule has 2 heterocycles. The fourth-order valence-corrected chi connectivity index (χ4v) is 2.55. The SMILES string of the molecule is CCNC(=NCc1ccc(Cl)nc1)NCCc1ccc2c(c1)OCO2.I. The molecule has 0 unspecified atom stereocenters. The van der Waals surface area contributed by atoms with Crippen molar-refractivity contribution in [2.24, 2.45) is 4.99 Å². The molecule has 1 aliphatic rings. The number of fused-ring (bicyclic) bond motifs is 1. The Hall–Kier alpha value is -1.74. The van der Waals surface area contributed by atoms with Crippen molar-refractivity contribution in [1.29, 1.82) is 0 Å². The molecular weight excluding hydrogens is 467 g/mol. The number of halogens is 2. The van der Waals surface area contributed by atoms with Crippen LogP contribution in [0.5, 0.6) is 11.5 Å². The molecule has 8 heteroatoms. The summed E-state index contributed by atoms with van der Waals surface area (Å²) in [4.78, 5) is 8.64. The monoisotopic (exact) mass is 488 g/mol. The van der Waals surface area contributed by atoms with Gasteiger partial charge in [0.1, 0.15) is 5.15 Å². The van der Waals surface area contributed by atoms with Crippen molar-refractivity contribution in [3.63, 3.8) is 0 Å². The van der Waals surface area contributed by atoms with Crippen LogP contribution in [-0.4, -0.2) is 30.8 Å². The highest BCUT2D eigenvalue weighted by Crippen LogP contribution is 2.32. The van der Waals surface area contributed by atoms with Gasteiger partial charge >= 0.3 is 0 Å². The van der Waals surface area contributed by atoms with Crippen LogP contribution in [0.3, 0.4) is 0 Å². The number of nitrogens with zero attached hydrogens (tertiary/aromatic N) is 2. The van der Waals surface area contributed by atoms with E-state index in [1.807, 2.05) is 25.1 Å². The Morgan fingerprint density at radius 1 is 1.15 bits per heavy atom. The third-order valence-electron chi connectivity index (χ3n) is 3.70. The van der Waals surface area contributed by atoms with Crippen molar-refractivity contribution in [1.82, 2.24) is 15.6 Å². The van der Waals surface area contributed by atoms with Crippen molar-refractivity contribution in [2.45, 2.75) is 19.9 Å². The Morgan fingerprint density at radius 3 is 2.73 bits per heavy atom. The van der Waals surface area contributed by atoms with E-state index in [9.17, 15) is 0 Å². The van der Waals surface area contributed by atoms with Crippen molar-refractivity contribution < 1.29 is 9.47 Å². The molecule has 0 aliphatic carbocycles. The lowest BCUT2D eigenvalue weighted by molar-refractivity contribution is 0.174. The summed E-state index contributed by atoms with van der Waals surface area (Å²) in [6.45, 7) is 4.45. The number of hydrogen-bond donors (Lipinski definition) is 2. The smallest absolute Gasteiger partial charge is 0.231 e. The quantitative estimate of drug-likeness (QED) is 0.282. The largest absolute Gasteiger partial charge is 0.454 e. The average molecular weight is 489 g/mol. The molecule has 0 atom stereocenters. The zero-order chi connectivity index (χ0) is 17.5. The molecule has 1 aliphatic heterocycles. The number of ether oxygens (including phenoxy) is 2. The fraction of sp³-hybridized carbons (Fsp3) is 0.333. The summed E-state index contributed by atoms with van der Waals surface area (Å²) < 4.78 is 10.7. The Labute approximate surface area is 175 Å². The summed E-state index contributed by atoms with van der Waals surface area (Å²) in [7, 11) is 0. The first-order valence-electron chi connectivity index (χ1n) is 8.25. The van der Waals surface area contributed by atoms with Crippen molar-refractivity contribution in [2.75, 3.05) is 19.9 Å². The molecule has 0 fully saturated rings. The average Bonchev–Trinajstić information content (AvgIpc) is 3.09. The van der Waals surface area contributed by atoms with Gasteiger partial charge in [-0.05, 0) is 42.7 Å². The lowest BCUT2D eigenvalue weighted by Crippen LogP contribution is -2.38. The number of guanidine groups is 1. The van der Waals surface area contributed by atoms with Gasteiger partial charge < -0.3 is 20.1 Å². The number of benzene rings is 1. The van der Waals surface area contributed by atoms with Crippen LogP contribution >= 0.6 is 35.6 Å². The lowest BCUT2D eigenvalue weighted by Gasteiger charge is -2.11. The van der Waals surface area contributed by atoms with Crippen molar-refractivity contribution in [3.05, 3.63) is 52.8 Å². The number of aliphatic imine (C=N–C) groups is 1. The molecule has 0 radical (unpaired) electrons. The van der Waals surface area contributed by atoms with Crippen LogP contribution in [0.25, 0.3) is 0 Å². The standard InChI is InChI=1S/C18H21ClN4O2.HI/c1-2-20-18(23-11-14-4-6-17(19)22-10-14)21-8-7-13-3-5-15-16(9-13)25-12-24-15;/h3-6,9-10H,2,7-8,11-12H2,1H3,(H2,20,21,23);1H. The molecule has 0 saturated carbocycles. The normalized spacial score (nSPS) is 12.5. The van der Waals surface area contributed by atoms with E-state index < -0.39 is 0 Å². The molecule has 26 heavy (non-hydrogen) atoms. The van der Waals surface area contributed by atoms with Gasteiger partial charge in [-0.2, -0.15) is 0 Å². The number of rotatable bonds is 6. The van der Waals surface area contributed by atoms with Crippen molar-refractivity contribution in [3.8, 4) is 11.5 Å². The highest BCUT2D eigenvalue weighted by atomic mass is 127. The maximum atomic E-state index is 5.80. The summed E-state index contributed by atoms with van der Waals surface area (Å²) in [6.07, 6.45) is 2.60. The zero-order valence-corrected chi connectivity index (χ0v) is 17.6. The Balaban J connectivity index is 0.00000243. The van der Waals surface area contributed by atoms with E-state index in [2.05, 4.69) is 26.7 Å². The number of aromatic nitrogens is 1. The van der Waals surface area contributed by atoms with Crippen LogP contribution in [0.15, 0.2) is 41.5 Å². The Kier molecular flexibility index (Phi) is 8.24. The summed E-state index contributed by atoms with van der Waals surface area (Å²) in [6, 6.07) is 9.72. The van der Waals surface area contributed by atoms with Gasteiger partial charge in [0.25, 0.3) is 0 Å². The van der Waals surface area contributed by atoms with E-state index >= 15 is 0 Å². The van der Waals surface area contributed by atoms with Crippen molar-refractivity contribution >= 4 is 41.5 Å². The second kappa shape index (κ2) is 10.4. The van der Waals surface area contributed by atoms with Crippen LogP contribution in [-0.2, 0) is 13.0 Å². The van der Waals surface area contributed by atoms with Crippen LogP contribution < -0.4 is 20.1 Å². The minimum absolute atomic E-state index is 0. The molecule has 2 N–H and O–H groups in total. The Bertz CT molecular complexity index is 740. The first-order chi connectivity index (χ1) is 12.2. The molecule has 3 rings (SSSR count). The molecule has 0 spiro atoms. The fourth-order valence-electron chi connectivity index (χ4n) is 2.43. The minimum Gasteiger partial charge on any atom is -0.454 e.